The van der Waals surface area contributed by atoms with Crippen molar-refractivity contribution in [1.29, 1.82) is 0 Å². The van der Waals surface area contributed by atoms with Gasteiger partial charge in [-0.2, -0.15) is 0 Å². The van der Waals surface area contributed by atoms with E-state index in [4.69, 9.17) is 14.4 Å². The molecule has 0 amide bonds. The van der Waals surface area contributed by atoms with Gasteiger partial charge in [-0.05, 0) is 6.07 Å². The van der Waals surface area contributed by atoms with Crippen LogP contribution in [-0.2, 0) is 0 Å². The molecule has 5 heteroatoms. The van der Waals surface area contributed by atoms with Gasteiger partial charge >= 0.3 is 183 Å². The van der Waals surface area contributed by atoms with Gasteiger partial charge in [-0.25, -0.2) is 0 Å². The van der Waals surface area contributed by atoms with Crippen molar-refractivity contribution in [2.24, 2.45) is 0 Å². The van der Waals surface area contributed by atoms with Crippen molar-refractivity contribution in [2.75, 3.05) is 0 Å². The van der Waals surface area contributed by atoms with E-state index in [-0.39, 0.29) is 0 Å². The van der Waals surface area contributed by atoms with Crippen LogP contribution in [0.5, 0.6) is 0 Å². The molecule has 0 aliphatic heterocycles. The third-order valence-electron chi connectivity index (χ3n) is 6.49. The van der Waals surface area contributed by atoms with E-state index >= 15 is 0 Å². The number of benzene rings is 3. The number of rotatable bonds is 2. The Morgan fingerprint density at radius 2 is 1.64 bits per heavy atom. The molecule has 6 aromatic rings. The molecule has 33 heavy (non-hydrogen) atoms. The van der Waals surface area contributed by atoms with Crippen molar-refractivity contribution in [3.8, 4) is 11.3 Å². The van der Waals surface area contributed by atoms with Crippen LogP contribution >= 0.6 is 0 Å². The van der Waals surface area contributed by atoms with E-state index in [0.717, 1.165) is 44.3 Å². The summed E-state index contributed by atoms with van der Waals surface area (Å²) in [5.41, 5.74) is 5.63. The van der Waals surface area contributed by atoms with Gasteiger partial charge in [-0.1, -0.05) is 0 Å². The predicted molar refractivity (Wildman–Crippen MR) is 140 cm³/mol. The molecule has 162 valence electrons. The standard InChI is InChI=1S/C28H25GeN3O/c1-16-14-19(29(3,4)5)15-18-11-12-22-25(31-17(2)32-26(22)24(16)18)23-9-6-8-20-21-10-7-13-30-28(21)33-27(20)23/h6-15H,1-5H3. The maximum atomic E-state index is 6.23. The van der Waals surface area contributed by atoms with Crippen LogP contribution in [0, 0.1) is 13.8 Å². The molecular formula is C28H25GeN3O. The second kappa shape index (κ2) is 7.12. The summed E-state index contributed by atoms with van der Waals surface area (Å²) < 4.78 is 7.74. The zero-order valence-corrected chi connectivity index (χ0v) is 21.6. The number of fused-ring (bicyclic) bond motifs is 6. The Bertz CT molecular complexity index is 1730. The van der Waals surface area contributed by atoms with Crippen LogP contribution in [0.15, 0.2) is 65.2 Å². The van der Waals surface area contributed by atoms with Crippen LogP contribution in [0.1, 0.15) is 11.4 Å². The number of nitrogens with zero attached hydrogens (tertiary/aromatic N) is 3. The first-order valence-corrected chi connectivity index (χ1v) is 18.6. The fraction of sp³-hybridized carbons (Fsp3) is 0.179. The van der Waals surface area contributed by atoms with E-state index in [0.29, 0.717) is 5.71 Å². The zero-order valence-electron chi connectivity index (χ0n) is 19.5. The summed E-state index contributed by atoms with van der Waals surface area (Å²) in [4.78, 5) is 14.2. The number of pyridine rings is 1. The maximum absolute atomic E-state index is 6.23. The molecule has 0 saturated heterocycles. The van der Waals surface area contributed by atoms with E-state index in [1.807, 2.05) is 13.0 Å². The van der Waals surface area contributed by atoms with E-state index < -0.39 is 13.3 Å². The molecule has 0 aliphatic rings. The second-order valence-electron chi connectivity index (χ2n) is 9.86. The number of hydrogen-bond acceptors (Lipinski definition) is 4. The van der Waals surface area contributed by atoms with Crippen molar-refractivity contribution in [3.05, 3.63) is 72.2 Å². The molecular weight excluding hydrogens is 467 g/mol. The quantitative estimate of drug-likeness (QED) is 0.195. The van der Waals surface area contributed by atoms with Gasteiger partial charge in [0.2, 0.25) is 0 Å². The number of para-hydroxylation sites is 1. The third-order valence-corrected chi connectivity index (χ3v) is 10.7. The van der Waals surface area contributed by atoms with E-state index in [9.17, 15) is 0 Å². The predicted octanol–water partition coefficient (Wildman–Crippen LogP) is 6.91. The van der Waals surface area contributed by atoms with Gasteiger partial charge in [0.1, 0.15) is 0 Å². The molecule has 0 radical (unpaired) electrons. The van der Waals surface area contributed by atoms with Gasteiger partial charge < -0.3 is 0 Å². The number of aromatic nitrogens is 3. The van der Waals surface area contributed by atoms with Gasteiger partial charge in [0.15, 0.2) is 0 Å². The summed E-state index contributed by atoms with van der Waals surface area (Å²) in [5, 5.41) is 5.59. The Balaban J connectivity index is 1.70. The summed E-state index contributed by atoms with van der Waals surface area (Å²) in [5.74, 6) is 8.08. The van der Waals surface area contributed by atoms with Crippen molar-refractivity contribution in [1.82, 2.24) is 15.0 Å². The van der Waals surface area contributed by atoms with Crippen molar-refractivity contribution < 1.29 is 4.42 Å². The zero-order chi connectivity index (χ0) is 22.9. The summed E-state index contributed by atoms with van der Waals surface area (Å²) in [6, 6.07) is 19.4. The topological polar surface area (TPSA) is 51.8 Å². The molecule has 0 atom stereocenters. The molecule has 0 fully saturated rings. The Labute approximate surface area is 195 Å². The molecule has 0 spiro atoms. The van der Waals surface area contributed by atoms with E-state index in [1.54, 1.807) is 6.20 Å². The first-order chi connectivity index (χ1) is 15.8. The molecule has 0 saturated carbocycles. The molecule has 4 nitrogen and oxygen atoms in total. The number of furan rings is 1. The average Bonchev–Trinajstić information content (AvgIpc) is 3.16. The van der Waals surface area contributed by atoms with Crippen LogP contribution in [0.25, 0.3) is 55.0 Å². The Morgan fingerprint density at radius 1 is 0.818 bits per heavy atom. The molecule has 0 unspecified atom stereocenters. The fourth-order valence-corrected chi connectivity index (χ4v) is 7.43. The van der Waals surface area contributed by atoms with Crippen LogP contribution in [0.3, 0.4) is 0 Å². The summed E-state index contributed by atoms with van der Waals surface area (Å²) in [6.07, 6.45) is 1.76. The molecule has 3 aromatic heterocycles. The normalized spacial score (nSPS) is 12.4. The SMILES string of the molecule is Cc1nc(-c2cccc3c2oc2ncccc23)c2ccc3c[c]([Ge]([CH3])([CH3])[CH3])cc(C)c3c2n1. The molecule has 0 bridgehead atoms. The van der Waals surface area contributed by atoms with E-state index in [2.05, 4.69) is 77.7 Å². The van der Waals surface area contributed by atoms with Crippen LogP contribution in [-0.4, -0.2) is 28.2 Å². The second-order valence-corrected chi connectivity index (χ2v) is 20.5. The van der Waals surface area contributed by atoms with Crippen LogP contribution in [0.4, 0.5) is 0 Å². The summed E-state index contributed by atoms with van der Waals surface area (Å²) in [7, 11) is 0. The fourth-order valence-electron chi connectivity index (χ4n) is 4.83. The Hall–Kier alpha value is -3.25. The van der Waals surface area contributed by atoms with Gasteiger partial charge in [0, 0.05) is 6.20 Å². The molecule has 0 N–H and O–H groups in total. The van der Waals surface area contributed by atoms with Crippen molar-refractivity contribution in [2.45, 2.75) is 31.1 Å². The Kier molecular flexibility index (Phi) is 4.40. The third kappa shape index (κ3) is 3.16. The minimum absolute atomic E-state index is 0.650. The van der Waals surface area contributed by atoms with Gasteiger partial charge in [0.05, 0.1) is 0 Å². The van der Waals surface area contributed by atoms with Gasteiger partial charge in [-0.15, -0.1) is 0 Å². The first-order valence-electron chi connectivity index (χ1n) is 11.3. The molecule has 3 aromatic carbocycles. The molecule has 6 rings (SSSR count). The summed E-state index contributed by atoms with van der Waals surface area (Å²) >= 11 is -1.95. The monoisotopic (exact) mass is 493 g/mol. The first kappa shape index (κ1) is 20.4. The van der Waals surface area contributed by atoms with E-state index in [1.165, 1.54) is 20.7 Å². The van der Waals surface area contributed by atoms with Gasteiger partial charge in [-0.3, -0.25) is 0 Å². The molecule has 0 aliphatic carbocycles. The minimum atomic E-state index is -1.95. The number of aryl methyl sites for hydroxylation is 2. The van der Waals surface area contributed by atoms with Crippen molar-refractivity contribution in [3.63, 3.8) is 0 Å². The Morgan fingerprint density at radius 3 is 2.45 bits per heavy atom. The van der Waals surface area contributed by atoms with Crippen LogP contribution < -0.4 is 4.40 Å². The van der Waals surface area contributed by atoms with Crippen molar-refractivity contribution >= 4 is 61.4 Å². The summed E-state index contributed by atoms with van der Waals surface area (Å²) in [6.45, 7) is 4.18. The van der Waals surface area contributed by atoms with Gasteiger partial charge in [0.25, 0.3) is 0 Å². The van der Waals surface area contributed by atoms with Crippen LogP contribution in [0.2, 0.25) is 17.3 Å². The average molecular weight is 492 g/mol. The molecule has 3 heterocycles. The number of hydrogen-bond donors (Lipinski definition) is 0.